The summed E-state index contributed by atoms with van der Waals surface area (Å²) in [6.07, 6.45) is -0.822. The first kappa shape index (κ1) is 12.8. The summed E-state index contributed by atoms with van der Waals surface area (Å²) < 4.78 is 5.25. The molecule has 1 N–H and O–H groups in total. The lowest BCUT2D eigenvalue weighted by atomic mass is 10.1. The minimum Gasteiger partial charge on any atom is -0.381 e. The monoisotopic (exact) mass is 271 g/mol. The first-order chi connectivity index (χ1) is 8.20. The van der Waals surface area contributed by atoms with Gasteiger partial charge in [-0.2, -0.15) is 0 Å². The highest BCUT2D eigenvalue weighted by molar-refractivity contribution is 7.80. The Labute approximate surface area is 111 Å². The van der Waals surface area contributed by atoms with Crippen LogP contribution in [0.1, 0.15) is 11.7 Å². The SMILES string of the molecule is OC(C(=S)N1CCOCC1)c1ccccc1Cl. The lowest BCUT2D eigenvalue weighted by molar-refractivity contribution is 0.0638. The number of aliphatic hydroxyl groups excluding tert-OH is 1. The first-order valence-electron chi connectivity index (χ1n) is 5.49. The molecule has 2 rings (SSSR count). The van der Waals surface area contributed by atoms with E-state index >= 15 is 0 Å². The molecule has 17 heavy (non-hydrogen) atoms. The van der Waals surface area contributed by atoms with Crippen molar-refractivity contribution in [3.8, 4) is 0 Å². The molecule has 1 atom stereocenters. The second-order valence-electron chi connectivity index (χ2n) is 3.86. The third kappa shape index (κ3) is 2.96. The Morgan fingerprint density at radius 1 is 1.35 bits per heavy atom. The van der Waals surface area contributed by atoms with Gasteiger partial charge in [0.1, 0.15) is 11.1 Å². The van der Waals surface area contributed by atoms with E-state index in [0.717, 1.165) is 13.1 Å². The molecule has 1 heterocycles. The number of aliphatic hydroxyl groups is 1. The van der Waals surface area contributed by atoms with Crippen LogP contribution in [0.15, 0.2) is 24.3 Å². The number of nitrogens with zero attached hydrogens (tertiary/aromatic N) is 1. The lowest BCUT2D eigenvalue weighted by Gasteiger charge is -2.31. The molecule has 1 fully saturated rings. The molecular formula is C12H14ClNO2S. The average molecular weight is 272 g/mol. The molecule has 3 nitrogen and oxygen atoms in total. The number of rotatable bonds is 2. The summed E-state index contributed by atoms with van der Waals surface area (Å²) in [6.45, 7) is 2.74. The van der Waals surface area contributed by atoms with Crippen molar-refractivity contribution in [2.45, 2.75) is 6.10 Å². The highest BCUT2D eigenvalue weighted by atomic mass is 35.5. The molecule has 0 aliphatic carbocycles. The molecular weight excluding hydrogens is 258 g/mol. The maximum atomic E-state index is 10.2. The molecule has 1 aliphatic heterocycles. The summed E-state index contributed by atoms with van der Waals surface area (Å²) in [7, 11) is 0. The molecule has 0 aromatic heterocycles. The fraction of sp³-hybridized carbons (Fsp3) is 0.417. The molecule has 1 aliphatic rings. The highest BCUT2D eigenvalue weighted by Gasteiger charge is 2.22. The summed E-state index contributed by atoms with van der Waals surface area (Å²) >= 11 is 11.3. The van der Waals surface area contributed by atoms with Gasteiger partial charge in [-0.05, 0) is 6.07 Å². The van der Waals surface area contributed by atoms with Gasteiger partial charge in [0, 0.05) is 23.7 Å². The minimum atomic E-state index is -0.822. The van der Waals surface area contributed by atoms with Gasteiger partial charge in [0.25, 0.3) is 0 Å². The second kappa shape index (κ2) is 5.78. The fourth-order valence-corrected chi connectivity index (χ4v) is 2.34. The summed E-state index contributed by atoms with van der Waals surface area (Å²) in [4.78, 5) is 2.48. The van der Waals surface area contributed by atoms with E-state index < -0.39 is 6.10 Å². The van der Waals surface area contributed by atoms with Crippen LogP contribution in [-0.4, -0.2) is 41.3 Å². The molecule has 5 heteroatoms. The minimum absolute atomic E-state index is 0.515. The van der Waals surface area contributed by atoms with E-state index in [0.29, 0.717) is 28.8 Å². The van der Waals surface area contributed by atoms with E-state index in [-0.39, 0.29) is 0 Å². The van der Waals surface area contributed by atoms with Gasteiger partial charge < -0.3 is 14.7 Å². The first-order valence-corrected chi connectivity index (χ1v) is 6.28. The van der Waals surface area contributed by atoms with Gasteiger partial charge in [0.15, 0.2) is 0 Å². The molecule has 92 valence electrons. The third-order valence-corrected chi connectivity index (χ3v) is 3.58. The van der Waals surface area contributed by atoms with Crippen molar-refractivity contribution in [1.29, 1.82) is 0 Å². The number of halogens is 1. The summed E-state index contributed by atoms with van der Waals surface area (Å²) in [5.74, 6) is 0. The van der Waals surface area contributed by atoms with E-state index in [1.165, 1.54) is 0 Å². The standard InChI is InChI=1S/C12H14ClNO2S/c13-10-4-2-1-3-9(10)11(15)12(17)14-5-7-16-8-6-14/h1-4,11,15H,5-8H2. The zero-order valence-corrected chi connectivity index (χ0v) is 10.9. The smallest absolute Gasteiger partial charge is 0.131 e. The van der Waals surface area contributed by atoms with Crippen molar-refractivity contribution in [1.82, 2.24) is 4.90 Å². The number of ether oxygens (including phenoxy) is 1. The average Bonchev–Trinajstić information content (AvgIpc) is 2.39. The Hall–Kier alpha value is -0.680. The molecule has 1 saturated heterocycles. The quantitative estimate of drug-likeness (QED) is 0.835. The largest absolute Gasteiger partial charge is 0.381 e. The van der Waals surface area contributed by atoms with Gasteiger partial charge in [-0.25, -0.2) is 0 Å². The van der Waals surface area contributed by atoms with Gasteiger partial charge >= 0.3 is 0 Å². The number of thiocarbonyl (C=S) groups is 1. The predicted molar refractivity (Wildman–Crippen MR) is 71.4 cm³/mol. The fourth-order valence-electron chi connectivity index (χ4n) is 1.79. The van der Waals surface area contributed by atoms with Crippen LogP contribution in [0.4, 0.5) is 0 Å². The highest BCUT2D eigenvalue weighted by Crippen LogP contribution is 2.25. The normalized spacial score (nSPS) is 17.9. The van der Waals surface area contributed by atoms with Gasteiger partial charge in [-0.15, -0.1) is 0 Å². The van der Waals surface area contributed by atoms with Crippen LogP contribution in [0.2, 0.25) is 5.02 Å². The van der Waals surface area contributed by atoms with Crippen molar-refractivity contribution >= 4 is 28.8 Å². The Kier molecular flexibility index (Phi) is 4.34. The van der Waals surface area contributed by atoms with E-state index in [9.17, 15) is 5.11 Å². The molecule has 0 radical (unpaired) electrons. The van der Waals surface area contributed by atoms with Crippen LogP contribution >= 0.6 is 23.8 Å². The van der Waals surface area contributed by atoms with Crippen LogP contribution in [0, 0.1) is 0 Å². The number of hydrogen-bond donors (Lipinski definition) is 1. The summed E-state index contributed by atoms with van der Waals surface area (Å²) in [5, 5.41) is 10.8. The van der Waals surface area contributed by atoms with Crippen molar-refractivity contribution in [2.24, 2.45) is 0 Å². The Bertz CT molecular complexity index is 407. The van der Waals surface area contributed by atoms with Crippen molar-refractivity contribution in [2.75, 3.05) is 26.3 Å². The molecule has 0 amide bonds. The number of morpholine rings is 1. The Morgan fingerprint density at radius 3 is 2.65 bits per heavy atom. The predicted octanol–water partition coefficient (Wildman–Crippen LogP) is 2.03. The number of hydrogen-bond acceptors (Lipinski definition) is 3. The van der Waals surface area contributed by atoms with Crippen LogP contribution < -0.4 is 0 Å². The Morgan fingerprint density at radius 2 is 2.00 bits per heavy atom. The summed E-state index contributed by atoms with van der Waals surface area (Å²) in [6, 6.07) is 7.21. The van der Waals surface area contributed by atoms with Crippen molar-refractivity contribution < 1.29 is 9.84 Å². The van der Waals surface area contributed by atoms with Gasteiger partial charge in [0.2, 0.25) is 0 Å². The van der Waals surface area contributed by atoms with Crippen LogP contribution in [0.3, 0.4) is 0 Å². The van der Waals surface area contributed by atoms with Gasteiger partial charge in [-0.3, -0.25) is 0 Å². The van der Waals surface area contributed by atoms with E-state index in [1.807, 2.05) is 17.0 Å². The van der Waals surface area contributed by atoms with Crippen LogP contribution in [0.25, 0.3) is 0 Å². The maximum Gasteiger partial charge on any atom is 0.131 e. The third-order valence-electron chi connectivity index (χ3n) is 2.76. The number of benzene rings is 1. The molecule has 1 aromatic rings. The topological polar surface area (TPSA) is 32.7 Å². The summed E-state index contributed by atoms with van der Waals surface area (Å²) in [5.41, 5.74) is 0.658. The van der Waals surface area contributed by atoms with E-state index in [4.69, 9.17) is 28.6 Å². The molecule has 0 bridgehead atoms. The molecule has 0 saturated carbocycles. The Balaban J connectivity index is 2.11. The van der Waals surface area contributed by atoms with Gasteiger partial charge in [-0.1, -0.05) is 42.0 Å². The van der Waals surface area contributed by atoms with Crippen LogP contribution in [0.5, 0.6) is 0 Å². The van der Waals surface area contributed by atoms with E-state index in [2.05, 4.69) is 0 Å². The maximum absolute atomic E-state index is 10.2. The lowest BCUT2D eigenvalue weighted by Crippen LogP contribution is -2.42. The van der Waals surface area contributed by atoms with Gasteiger partial charge in [0.05, 0.1) is 13.2 Å². The van der Waals surface area contributed by atoms with Crippen LogP contribution in [-0.2, 0) is 4.74 Å². The van der Waals surface area contributed by atoms with Crippen molar-refractivity contribution in [3.05, 3.63) is 34.9 Å². The zero-order chi connectivity index (χ0) is 12.3. The second-order valence-corrected chi connectivity index (χ2v) is 4.69. The molecule has 1 aromatic carbocycles. The molecule has 1 unspecified atom stereocenters. The van der Waals surface area contributed by atoms with E-state index in [1.54, 1.807) is 12.1 Å². The zero-order valence-electron chi connectivity index (χ0n) is 9.30. The van der Waals surface area contributed by atoms with Crippen molar-refractivity contribution in [3.63, 3.8) is 0 Å². The molecule has 0 spiro atoms.